The fourth-order valence-corrected chi connectivity index (χ4v) is 3.63. The third-order valence-electron chi connectivity index (χ3n) is 4.26. The summed E-state index contributed by atoms with van der Waals surface area (Å²) < 4.78 is 5.26. The number of anilines is 1. The van der Waals surface area contributed by atoms with Gasteiger partial charge in [0.1, 0.15) is 5.75 Å². The molecule has 28 heavy (non-hydrogen) atoms. The Kier molecular flexibility index (Phi) is 6.50. The highest BCUT2D eigenvalue weighted by molar-refractivity contribution is 8.00. The lowest BCUT2D eigenvalue weighted by Gasteiger charge is -2.10. The molecule has 0 atom stereocenters. The summed E-state index contributed by atoms with van der Waals surface area (Å²) in [6, 6.07) is 22.1. The average Bonchev–Trinajstić information content (AvgIpc) is 2.72. The van der Waals surface area contributed by atoms with Crippen LogP contribution in [0.4, 0.5) is 5.69 Å². The molecule has 3 aromatic carbocycles. The van der Waals surface area contributed by atoms with Gasteiger partial charge in [-0.3, -0.25) is 9.59 Å². The lowest BCUT2D eigenvalue weighted by atomic mass is 10.1. The number of rotatable bonds is 7. The van der Waals surface area contributed by atoms with Crippen LogP contribution in [0.2, 0.25) is 0 Å². The van der Waals surface area contributed by atoms with E-state index in [2.05, 4.69) is 5.32 Å². The maximum absolute atomic E-state index is 12.5. The Bertz CT molecular complexity index is 1000. The minimum atomic E-state index is -0.148. The van der Waals surface area contributed by atoms with Crippen molar-refractivity contribution in [2.45, 2.75) is 11.8 Å². The number of para-hydroxylation sites is 1. The van der Waals surface area contributed by atoms with Gasteiger partial charge in [-0.15, -0.1) is 11.8 Å². The van der Waals surface area contributed by atoms with Crippen LogP contribution in [0.15, 0.2) is 77.7 Å². The van der Waals surface area contributed by atoms with Gasteiger partial charge in [-0.2, -0.15) is 0 Å². The normalized spacial score (nSPS) is 10.4. The zero-order valence-corrected chi connectivity index (χ0v) is 16.6. The van der Waals surface area contributed by atoms with Gasteiger partial charge in [-0.25, -0.2) is 0 Å². The van der Waals surface area contributed by atoms with E-state index in [1.54, 1.807) is 25.3 Å². The molecule has 3 aromatic rings. The summed E-state index contributed by atoms with van der Waals surface area (Å²) >= 11 is 1.43. The zero-order chi connectivity index (χ0) is 19.9. The standard InChI is InChI=1S/C23H21NO3S/c1-16-8-3-4-11-19(16)23(26)24-17-9-7-10-18(14-17)28-15-21(25)20-12-5-6-13-22(20)27-2/h3-14H,15H2,1-2H3,(H,24,26). The van der Waals surface area contributed by atoms with Gasteiger partial charge in [0.05, 0.1) is 18.4 Å². The van der Waals surface area contributed by atoms with Crippen LogP contribution in [0.5, 0.6) is 5.75 Å². The SMILES string of the molecule is COc1ccccc1C(=O)CSc1cccc(NC(=O)c2ccccc2C)c1. The van der Waals surface area contributed by atoms with Gasteiger partial charge in [0.25, 0.3) is 5.91 Å². The second-order valence-electron chi connectivity index (χ2n) is 6.21. The van der Waals surface area contributed by atoms with E-state index in [1.807, 2.05) is 61.5 Å². The fraction of sp³-hybridized carbons (Fsp3) is 0.130. The van der Waals surface area contributed by atoms with Crippen molar-refractivity contribution < 1.29 is 14.3 Å². The van der Waals surface area contributed by atoms with Crippen LogP contribution < -0.4 is 10.1 Å². The van der Waals surface area contributed by atoms with Crippen LogP contribution in [0, 0.1) is 6.92 Å². The molecule has 142 valence electrons. The molecule has 0 unspecified atom stereocenters. The summed E-state index contributed by atoms with van der Waals surface area (Å²) in [6.07, 6.45) is 0. The molecule has 0 aliphatic carbocycles. The van der Waals surface area contributed by atoms with Crippen molar-refractivity contribution >= 4 is 29.1 Å². The number of carbonyl (C=O) groups excluding carboxylic acids is 2. The van der Waals surface area contributed by atoms with Gasteiger partial charge in [-0.05, 0) is 48.9 Å². The summed E-state index contributed by atoms with van der Waals surface area (Å²) in [4.78, 5) is 25.9. The highest BCUT2D eigenvalue weighted by atomic mass is 32.2. The first-order chi connectivity index (χ1) is 13.6. The quantitative estimate of drug-likeness (QED) is 0.442. The largest absolute Gasteiger partial charge is 0.496 e. The van der Waals surface area contributed by atoms with Crippen LogP contribution in [-0.4, -0.2) is 24.6 Å². The Morgan fingerprint density at radius 2 is 1.64 bits per heavy atom. The van der Waals surface area contributed by atoms with Crippen molar-refractivity contribution in [3.63, 3.8) is 0 Å². The minimum Gasteiger partial charge on any atom is -0.496 e. The second kappa shape index (κ2) is 9.24. The molecule has 5 heteroatoms. The van der Waals surface area contributed by atoms with E-state index in [9.17, 15) is 9.59 Å². The molecule has 0 fully saturated rings. The Morgan fingerprint density at radius 1 is 0.929 bits per heavy atom. The number of Topliss-reactive ketones (excluding diaryl/α,β-unsaturated/α-hetero) is 1. The molecule has 1 amide bonds. The fourth-order valence-electron chi connectivity index (χ4n) is 2.79. The lowest BCUT2D eigenvalue weighted by Crippen LogP contribution is -2.13. The number of carbonyl (C=O) groups is 2. The van der Waals surface area contributed by atoms with Crippen LogP contribution in [-0.2, 0) is 0 Å². The van der Waals surface area contributed by atoms with E-state index < -0.39 is 0 Å². The first kappa shape index (κ1) is 19.7. The Morgan fingerprint density at radius 3 is 2.39 bits per heavy atom. The maximum Gasteiger partial charge on any atom is 0.255 e. The molecule has 0 bridgehead atoms. The van der Waals surface area contributed by atoms with E-state index in [4.69, 9.17) is 4.74 Å². The van der Waals surface area contributed by atoms with E-state index in [0.29, 0.717) is 22.6 Å². The van der Waals surface area contributed by atoms with Crippen molar-refractivity contribution in [2.24, 2.45) is 0 Å². The van der Waals surface area contributed by atoms with E-state index >= 15 is 0 Å². The van der Waals surface area contributed by atoms with Crippen LogP contribution in [0.1, 0.15) is 26.3 Å². The van der Waals surface area contributed by atoms with Gasteiger partial charge < -0.3 is 10.1 Å². The van der Waals surface area contributed by atoms with Gasteiger partial charge in [-0.1, -0.05) is 36.4 Å². The second-order valence-corrected chi connectivity index (χ2v) is 7.26. The molecular formula is C23H21NO3S. The summed E-state index contributed by atoms with van der Waals surface area (Å²) in [6.45, 7) is 1.91. The molecule has 0 radical (unpaired) electrons. The summed E-state index contributed by atoms with van der Waals surface area (Å²) in [5, 5.41) is 2.92. The molecule has 0 aliphatic heterocycles. The molecule has 0 saturated carbocycles. The molecule has 0 saturated heterocycles. The van der Waals surface area contributed by atoms with E-state index in [0.717, 1.165) is 10.5 Å². The Labute approximate surface area is 168 Å². The third-order valence-corrected chi connectivity index (χ3v) is 5.25. The number of aryl methyl sites for hydroxylation is 1. The van der Waals surface area contributed by atoms with E-state index in [1.165, 1.54) is 11.8 Å². The molecule has 0 heterocycles. The van der Waals surface area contributed by atoms with Gasteiger partial charge >= 0.3 is 0 Å². The number of nitrogens with one attached hydrogen (secondary N) is 1. The highest BCUT2D eigenvalue weighted by Gasteiger charge is 2.13. The predicted octanol–water partition coefficient (Wildman–Crippen LogP) is 5.23. The Balaban J connectivity index is 1.66. The highest BCUT2D eigenvalue weighted by Crippen LogP contribution is 2.25. The van der Waals surface area contributed by atoms with Gasteiger partial charge in [0.2, 0.25) is 0 Å². The third kappa shape index (κ3) is 4.81. The lowest BCUT2D eigenvalue weighted by molar-refractivity contribution is 0.101. The summed E-state index contributed by atoms with van der Waals surface area (Å²) in [5.74, 6) is 0.713. The Hall–Kier alpha value is -3.05. The van der Waals surface area contributed by atoms with Crippen LogP contribution in [0.3, 0.4) is 0 Å². The van der Waals surface area contributed by atoms with Crippen molar-refractivity contribution in [2.75, 3.05) is 18.2 Å². The molecular weight excluding hydrogens is 370 g/mol. The van der Waals surface area contributed by atoms with Crippen molar-refractivity contribution in [3.8, 4) is 5.75 Å². The van der Waals surface area contributed by atoms with Gasteiger partial charge in [0.15, 0.2) is 5.78 Å². The number of hydrogen-bond acceptors (Lipinski definition) is 4. The number of thioether (sulfide) groups is 1. The van der Waals surface area contributed by atoms with Crippen molar-refractivity contribution in [1.29, 1.82) is 0 Å². The smallest absolute Gasteiger partial charge is 0.255 e. The number of amides is 1. The van der Waals surface area contributed by atoms with Crippen molar-refractivity contribution in [3.05, 3.63) is 89.5 Å². The first-order valence-electron chi connectivity index (χ1n) is 8.84. The molecule has 0 aromatic heterocycles. The summed E-state index contributed by atoms with van der Waals surface area (Å²) in [7, 11) is 1.56. The van der Waals surface area contributed by atoms with Gasteiger partial charge in [0, 0.05) is 16.1 Å². The first-order valence-corrected chi connectivity index (χ1v) is 9.83. The molecule has 3 rings (SSSR count). The number of benzene rings is 3. The predicted molar refractivity (Wildman–Crippen MR) is 114 cm³/mol. The van der Waals surface area contributed by atoms with Crippen LogP contribution >= 0.6 is 11.8 Å². The topological polar surface area (TPSA) is 55.4 Å². The monoisotopic (exact) mass is 391 g/mol. The number of ether oxygens (including phenoxy) is 1. The van der Waals surface area contributed by atoms with Crippen molar-refractivity contribution in [1.82, 2.24) is 0 Å². The molecule has 0 spiro atoms. The molecule has 1 N–H and O–H groups in total. The summed E-state index contributed by atoms with van der Waals surface area (Å²) in [5.41, 5.74) is 2.84. The van der Waals surface area contributed by atoms with Crippen LogP contribution in [0.25, 0.3) is 0 Å². The number of hydrogen-bond donors (Lipinski definition) is 1. The maximum atomic E-state index is 12.5. The minimum absolute atomic E-state index is 0.00296. The number of ketones is 1. The average molecular weight is 391 g/mol. The molecule has 0 aliphatic rings. The molecule has 4 nitrogen and oxygen atoms in total. The zero-order valence-electron chi connectivity index (χ0n) is 15.8. The van der Waals surface area contributed by atoms with E-state index in [-0.39, 0.29) is 17.4 Å². The number of methoxy groups -OCH3 is 1.